The predicted octanol–water partition coefficient (Wildman–Crippen LogP) is 4.69. The van der Waals surface area contributed by atoms with Gasteiger partial charge in [-0.25, -0.2) is 5.43 Å². The van der Waals surface area contributed by atoms with Crippen LogP contribution in [0.4, 0.5) is 11.4 Å². The first-order valence-corrected chi connectivity index (χ1v) is 11.9. The average Bonchev–Trinajstić information content (AvgIpc) is 2.85. The fraction of sp³-hybridized carbons (Fsp3) is 0.160. The van der Waals surface area contributed by atoms with Crippen molar-refractivity contribution in [1.29, 1.82) is 0 Å². The summed E-state index contributed by atoms with van der Waals surface area (Å²) in [7, 11) is 0. The van der Waals surface area contributed by atoms with Crippen LogP contribution in [0.3, 0.4) is 0 Å². The number of nitrogens with one attached hydrogen (secondary N) is 2. The number of nitro groups is 1. The van der Waals surface area contributed by atoms with Crippen molar-refractivity contribution in [2.75, 3.05) is 18.5 Å². The van der Waals surface area contributed by atoms with E-state index in [-0.39, 0.29) is 23.8 Å². The van der Waals surface area contributed by atoms with Gasteiger partial charge in [-0.3, -0.25) is 19.7 Å². The molecule has 0 spiro atoms. The molecule has 3 aromatic rings. The molecule has 0 aliphatic carbocycles. The number of ether oxygens (including phenoxy) is 2. The second-order valence-electron chi connectivity index (χ2n) is 7.42. The topological polar surface area (TPSA) is 132 Å². The van der Waals surface area contributed by atoms with Crippen LogP contribution in [0.25, 0.3) is 0 Å². The third kappa shape index (κ3) is 7.25. The number of hydrazone groups is 1. The molecule has 2 N–H and O–H groups in total. The van der Waals surface area contributed by atoms with Crippen molar-refractivity contribution in [1.82, 2.24) is 5.43 Å². The number of benzene rings is 3. The monoisotopic (exact) mass is 602 g/mol. The first-order valence-electron chi connectivity index (χ1n) is 10.8. The Bertz CT molecular complexity index is 1290. The van der Waals surface area contributed by atoms with Gasteiger partial charge in [0.05, 0.1) is 21.3 Å². The Balaban J connectivity index is 1.66. The highest BCUT2D eigenvalue weighted by molar-refractivity contribution is 14.1. The predicted molar refractivity (Wildman–Crippen MR) is 144 cm³/mol. The molecule has 0 atom stereocenters. The number of aryl methyl sites for hydroxylation is 1. The van der Waals surface area contributed by atoms with Gasteiger partial charge in [0.25, 0.3) is 17.5 Å². The number of para-hydroxylation sites is 1. The van der Waals surface area contributed by atoms with Crippen molar-refractivity contribution < 1.29 is 24.0 Å². The second-order valence-corrected chi connectivity index (χ2v) is 8.58. The van der Waals surface area contributed by atoms with Crippen molar-refractivity contribution in [3.63, 3.8) is 0 Å². The highest BCUT2D eigenvalue weighted by Crippen LogP contribution is 2.34. The standard InChI is InChI=1S/C25H23IN4O6/c1-3-35-22-13-17(14-27-29-25(32)18-8-10-19(11-9-18)30(33)34)12-20(26)24(22)36-15-23(31)28-21-7-5-4-6-16(21)2/h4-14H,3,15H2,1-2H3,(H,28,31)(H,29,32)/b27-14+. The van der Waals surface area contributed by atoms with Crippen molar-refractivity contribution >= 4 is 52.0 Å². The van der Waals surface area contributed by atoms with Crippen LogP contribution in [-0.2, 0) is 4.79 Å². The molecule has 36 heavy (non-hydrogen) atoms. The summed E-state index contributed by atoms with van der Waals surface area (Å²) in [5.74, 6) is 0.0309. The zero-order valence-corrected chi connectivity index (χ0v) is 21.6. The van der Waals surface area contributed by atoms with Crippen LogP contribution in [-0.4, -0.2) is 36.2 Å². The first kappa shape index (κ1) is 26.6. The largest absolute Gasteiger partial charge is 0.490 e. The summed E-state index contributed by atoms with van der Waals surface area (Å²) in [6.45, 7) is 3.90. The molecule has 0 saturated heterocycles. The van der Waals surface area contributed by atoms with Gasteiger partial charge < -0.3 is 14.8 Å². The number of amides is 2. The zero-order valence-electron chi connectivity index (χ0n) is 19.5. The Labute approximate surface area is 221 Å². The number of nitro benzene ring substituents is 1. The van der Waals surface area contributed by atoms with Crippen LogP contribution < -0.4 is 20.2 Å². The van der Waals surface area contributed by atoms with Gasteiger partial charge in [-0.2, -0.15) is 5.10 Å². The van der Waals surface area contributed by atoms with Crippen LogP contribution >= 0.6 is 22.6 Å². The van der Waals surface area contributed by atoms with Gasteiger partial charge in [0, 0.05) is 23.4 Å². The molecule has 0 fully saturated rings. The Morgan fingerprint density at radius 1 is 1.11 bits per heavy atom. The Kier molecular flexibility index (Phi) is 9.33. The Morgan fingerprint density at radius 3 is 2.50 bits per heavy atom. The van der Waals surface area contributed by atoms with Crippen LogP contribution in [0.2, 0.25) is 0 Å². The highest BCUT2D eigenvalue weighted by Gasteiger charge is 2.15. The van der Waals surface area contributed by atoms with E-state index in [1.54, 1.807) is 12.1 Å². The lowest BCUT2D eigenvalue weighted by molar-refractivity contribution is -0.384. The first-order chi connectivity index (χ1) is 17.3. The third-order valence-electron chi connectivity index (χ3n) is 4.82. The average molecular weight is 602 g/mol. The molecule has 3 aromatic carbocycles. The van der Waals surface area contributed by atoms with Gasteiger partial charge in [0.1, 0.15) is 0 Å². The summed E-state index contributed by atoms with van der Waals surface area (Å²) in [6, 6.07) is 16.1. The molecule has 186 valence electrons. The van der Waals surface area contributed by atoms with Crippen molar-refractivity contribution in [3.8, 4) is 11.5 Å². The number of carbonyl (C=O) groups is 2. The maximum absolute atomic E-state index is 12.4. The van der Waals surface area contributed by atoms with Gasteiger partial charge in [-0.15, -0.1) is 0 Å². The summed E-state index contributed by atoms with van der Waals surface area (Å²) in [5, 5.41) is 17.5. The maximum Gasteiger partial charge on any atom is 0.271 e. The highest BCUT2D eigenvalue weighted by atomic mass is 127. The number of non-ortho nitro benzene ring substituents is 1. The minimum atomic E-state index is -0.540. The third-order valence-corrected chi connectivity index (χ3v) is 5.62. The lowest BCUT2D eigenvalue weighted by Crippen LogP contribution is -2.21. The van der Waals surface area contributed by atoms with E-state index in [1.165, 1.54) is 30.5 Å². The molecule has 0 saturated carbocycles. The number of halogens is 1. The molecule has 0 unspecified atom stereocenters. The molecular weight excluding hydrogens is 579 g/mol. The summed E-state index contributed by atoms with van der Waals surface area (Å²) in [5.41, 5.74) is 4.79. The quantitative estimate of drug-likeness (QED) is 0.150. The Hall–Kier alpha value is -4.00. The van der Waals surface area contributed by atoms with Crippen LogP contribution in [0, 0.1) is 20.6 Å². The van der Waals surface area contributed by atoms with E-state index >= 15 is 0 Å². The number of anilines is 1. The van der Waals surface area contributed by atoms with E-state index in [9.17, 15) is 19.7 Å². The molecular formula is C25H23IN4O6. The molecule has 2 amide bonds. The van der Waals surface area contributed by atoms with Gasteiger partial charge in [-0.1, -0.05) is 18.2 Å². The summed E-state index contributed by atoms with van der Waals surface area (Å²) < 4.78 is 12.1. The number of hydrogen-bond donors (Lipinski definition) is 2. The number of hydrogen-bond acceptors (Lipinski definition) is 7. The second kappa shape index (κ2) is 12.6. The lowest BCUT2D eigenvalue weighted by Gasteiger charge is -2.15. The molecule has 10 nitrogen and oxygen atoms in total. The normalized spacial score (nSPS) is 10.6. The van der Waals surface area contributed by atoms with E-state index in [2.05, 4.69) is 38.4 Å². The van der Waals surface area contributed by atoms with E-state index in [0.717, 1.165) is 5.56 Å². The minimum Gasteiger partial charge on any atom is -0.490 e. The van der Waals surface area contributed by atoms with Gasteiger partial charge in [0.2, 0.25) is 0 Å². The van der Waals surface area contributed by atoms with Gasteiger partial charge in [0.15, 0.2) is 18.1 Å². The SMILES string of the molecule is CCOc1cc(/C=N/NC(=O)c2ccc([N+](=O)[O-])cc2)cc(I)c1OCC(=O)Nc1ccccc1C. The van der Waals surface area contributed by atoms with Crippen molar-refractivity contribution in [2.24, 2.45) is 5.10 Å². The summed E-state index contributed by atoms with van der Waals surface area (Å²) >= 11 is 2.07. The molecule has 0 aromatic heterocycles. The molecule has 3 rings (SSSR count). The maximum atomic E-state index is 12.4. The van der Waals surface area contributed by atoms with Gasteiger partial charge in [-0.05, 0) is 77.9 Å². The fourth-order valence-electron chi connectivity index (χ4n) is 3.07. The van der Waals surface area contributed by atoms with E-state index < -0.39 is 10.8 Å². The fourth-order valence-corrected chi connectivity index (χ4v) is 3.85. The smallest absolute Gasteiger partial charge is 0.271 e. The summed E-state index contributed by atoms with van der Waals surface area (Å²) in [6.07, 6.45) is 1.43. The van der Waals surface area contributed by atoms with Crippen molar-refractivity contribution in [3.05, 3.63) is 91.0 Å². The molecule has 0 heterocycles. The number of carbonyl (C=O) groups excluding carboxylic acids is 2. The zero-order chi connectivity index (χ0) is 26.1. The Morgan fingerprint density at radius 2 is 1.83 bits per heavy atom. The van der Waals surface area contributed by atoms with Crippen molar-refractivity contribution in [2.45, 2.75) is 13.8 Å². The summed E-state index contributed by atoms with van der Waals surface area (Å²) in [4.78, 5) is 34.8. The number of nitrogens with zero attached hydrogens (tertiary/aromatic N) is 2. The number of rotatable bonds is 10. The van der Waals surface area contributed by atoms with E-state index in [0.29, 0.717) is 32.9 Å². The van der Waals surface area contributed by atoms with Crippen LogP contribution in [0.15, 0.2) is 65.8 Å². The molecule has 0 bridgehead atoms. The molecule has 11 heteroatoms. The minimum absolute atomic E-state index is 0.108. The van der Waals surface area contributed by atoms with E-state index in [1.807, 2.05) is 38.1 Å². The van der Waals surface area contributed by atoms with Crippen LogP contribution in [0.1, 0.15) is 28.4 Å². The van der Waals surface area contributed by atoms with Gasteiger partial charge >= 0.3 is 0 Å². The molecule has 0 radical (unpaired) electrons. The van der Waals surface area contributed by atoms with E-state index in [4.69, 9.17) is 9.47 Å². The lowest BCUT2D eigenvalue weighted by atomic mass is 10.2. The molecule has 0 aliphatic rings. The molecule has 0 aliphatic heterocycles. The van der Waals surface area contributed by atoms with Crippen LogP contribution in [0.5, 0.6) is 11.5 Å².